The third kappa shape index (κ3) is 2.03. The van der Waals surface area contributed by atoms with Gasteiger partial charge >= 0.3 is 0 Å². The molecular formula is C15H21N3. The SMILES string of the molecule is CCc1nc2ccccc2n1C1CCCNCC1. The van der Waals surface area contributed by atoms with E-state index in [1.165, 1.54) is 30.6 Å². The molecule has 1 atom stereocenters. The van der Waals surface area contributed by atoms with Crippen molar-refractivity contribution in [3.63, 3.8) is 0 Å². The lowest BCUT2D eigenvalue weighted by Crippen LogP contribution is -2.16. The highest BCUT2D eigenvalue weighted by Crippen LogP contribution is 2.27. The van der Waals surface area contributed by atoms with Gasteiger partial charge < -0.3 is 9.88 Å². The van der Waals surface area contributed by atoms with Crippen molar-refractivity contribution >= 4 is 11.0 Å². The van der Waals surface area contributed by atoms with Gasteiger partial charge in [-0.25, -0.2) is 4.98 Å². The van der Waals surface area contributed by atoms with E-state index in [-0.39, 0.29) is 0 Å². The first-order valence-corrected chi connectivity index (χ1v) is 7.06. The maximum Gasteiger partial charge on any atom is 0.109 e. The van der Waals surface area contributed by atoms with Crippen LogP contribution < -0.4 is 5.32 Å². The lowest BCUT2D eigenvalue weighted by Gasteiger charge is -2.19. The van der Waals surface area contributed by atoms with Crippen molar-refractivity contribution in [2.75, 3.05) is 13.1 Å². The molecule has 1 fully saturated rings. The molecule has 0 bridgehead atoms. The molecule has 0 spiro atoms. The molecule has 2 aromatic rings. The Morgan fingerprint density at radius 1 is 1.28 bits per heavy atom. The van der Waals surface area contributed by atoms with E-state index >= 15 is 0 Å². The van der Waals surface area contributed by atoms with Gasteiger partial charge in [-0.15, -0.1) is 0 Å². The molecule has 1 N–H and O–H groups in total. The molecule has 0 saturated carbocycles. The fraction of sp³-hybridized carbons (Fsp3) is 0.533. The zero-order valence-corrected chi connectivity index (χ0v) is 11.0. The van der Waals surface area contributed by atoms with Gasteiger partial charge in [-0.05, 0) is 44.5 Å². The second-order valence-corrected chi connectivity index (χ2v) is 5.08. The molecule has 0 amide bonds. The second kappa shape index (κ2) is 5.11. The number of fused-ring (bicyclic) bond motifs is 1. The summed E-state index contributed by atoms with van der Waals surface area (Å²) in [5.74, 6) is 1.24. The second-order valence-electron chi connectivity index (χ2n) is 5.08. The number of aryl methyl sites for hydroxylation is 1. The molecule has 2 heterocycles. The van der Waals surface area contributed by atoms with E-state index in [9.17, 15) is 0 Å². The largest absolute Gasteiger partial charge is 0.325 e. The van der Waals surface area contributed by atoms with Crippen LogP contribution in [0.4, 0.5) is 0 Å². The molecule has 0 radical (unpaired) electrons. The van der Waals surface area contributed by atoms with E-state index in [0.29, 0.717) is 6.04 Å². The molecule has 1 aromatic heterocycles. The van der Waals surface area contributed by atoms with Gasteiger partial charge in [0.1, 0.15) is 5.82 Å². The predicted octanol–water partition coefficient (Wildman–Crippen LogP) is 2.91. The highest BCUT2D eigenvalue weighted by molar-refractivity contribution is 5.76. The highest BCUT2D eigenvalue weighted by atomic mass is 15.1. The zero-order chi connectivity index (χ0) is 12.4. The minimum atomic E-state index is 0.613. The lowest BCUT2D eigenvalue weighted by molar-refractivity contribution is 0.451. The standard InChI is InChI=1S/C15H21N3/c1-2-15-17-13-7-3-4-8-14(13)18(15)12-6-5-10-16-11-9-12/h3-4,7-8,12,16H,2,5-6,9-11H2,1H3. The first kappa shape index (κ1) is 11.7. The zero-order valence-electron chi connectivity index (χ0n) is 11.0. The average molecular weight is 243 g/mol. The smallest absolute Gasteiger partial charge is 0.109 e. The molecule has 3 nitrogen and oxygen atoms in total. The Bertz CT molecular complexity index is 522. The first-order valence-electron chi connectivity index (χ1n) is 7.06. The summed E-state index contributed by atoms with van der Waals surface area (Å²) in [5.41, 5.74) is 2.45. The number of hydrogen-bond donors (Lipinski definition) is 1. The third-order valence-corrected chi connectivity index (χ3v) is 3.90. The fourth-order valence-corrected chi connectivity index (χ4v) is 3.01. The summed E-state index contributed by atoms with van der Waals surface area (Å²) in [4.78, 5) is 4.78. The molecule has 3 rings (SSSR count). The summed E-state index contributed by atoms with van der Waals surface area (Å²) in [6, 6.07) is 9.14. The van der Waals surface area contributed by atoms with Crippen molar-refractivity contribution in [1.82, 2.24) is 14.9 Å². The van der Waals surface area contributed by atoms with Crippen LogP contribution in [-0.2, 0) is 6.42 Å². The molecule has 96 valence electrons. The topological polar surface area (TPSA) is 29.9 Å². The van der Waals surface area contributed by atoms with Crippen molar-refractivity contribution in [2.45, 2.75) is 38.6 Å². The normalized spacial score (nSPS) is 21.1. The van der Waals surface area contributed by atoms with Crippen LogP contribution in [0.15, 0.2) is 24.3 Å². The van der Waals surface area contributed by atoms with E-state index in [4.69, 9.17) is 4.98 Å². The van der Waals surface area contributed by atoms with Crippen LogP contribution in [0.5, 0.6) is 0 Å². The van der Waals surface area contributed by atoms with Gasteiger partial charge in [0.05, 0.1) is 11.0 Å². The van der Waals surface area contributed by atoms with Gasteiger partial charge in [0.15, 0.2) is 0 Å². The number of benzene rings is 1. The van der Waals surface area contributed by atoms with E-state index in [1.54, 1.807) is 0 Å². The van der Waals surface area contributed by atoms with Crippen molar-refractivity contribution in [3.05, 3.63) is 30.1 Å². The van der Waals surface area contributed by atoms with E-state index in [0.717, 1.165) is 25.0 Å². The Balaban J connectivity index is 2.07. The van der Waals surface area contributed by atoms with Crippen LogP contribution in [-0.4, -0.2) is 22.6 Å². The summed E-state index contributed by atoms with van der Waals surface area (Å²) in [6.45, 7) is 4.48. The van der Waals surface area contributed by atoms with Crippen molar-refractivity contribution in [2.24, 2.45) is 0 Å². The van der Waals surface area contributed by atoms with Crippen molar-refractivity contribution in [1.29, 1.82) is 0 Å². The molecule has 1 aromatic carbocycles. The quantitative estimate of drug-likeness (QED) is 0.879. The molecule has 0 aliphatic carbocycles. The van der Waals surface area contributed by atoms with Crippen LogP contribution in [0.2, 0.25) is 0 Å². The minimum Gasteiger partial charge on any atom is -0.325 e. The monoisotopic (exact) mass is 243 g/mol. The van der Waals surface area contributed by atoms with Gasteiger partial charge in [0.2, 0.25) is 0 Å². The lowest BCUT2D eigenvalue weighted by atomic mass is 10.1. The predicted molar refractivity (Wildman–Crippen MR) is 74.9 cm³/mol. The highest BCUT2D eigenvalue weighted by Gasteiger charge is 2.19. The number of para-hydroxylation sites is 2. The summed E-state index contributed by atoms with van der Waals surface area (Å²) in [7, 11) is 0. The van der Waals surface area contributed by atoms with Gasteiger partial charge in [0, 0.05) is 12.5 Å². The number of rotatable bonds is 2. The van der Waals surface area contributed by atoms with E-state index < -0.39 is 0 Å². The van der Waals surface area contributed by atoms with Gasteiger partial charge in [-0.3, -0.25) is 0 Å². The van der Waals surface area contributed by atoms with Crippen LogP contribution in [0.3, 0.4) is 0 Å². The molecule has 18 heavy (non-hydrogen) atoms. The van der Waals surface area contributed by atoms with Gasteiger partial charge in [0.25, 0.3) is 0 Å². The molecule has 1 aliphatic heterocycles. The Kier molecular flexibility index (Phi) is 3.33. The first-order chi connectivity index (χ1) is 8.90. The fourth-order valence-electron chi connectivity index (χ4n) is 3.01. The number of imidazole rings is 1. The Hall–Kier alpha value is -1.35. The summed E-state index contributed by atoms with van der Waals surface area (Å²) in [6.07, 6.45) is 4.76. The molecule has 3 heteroatoms. The third-order valence-electron chi connectivity index (χ3n) is 3.90. The molecule has 1 saturated heterocycles. The maximum atomic E-state index is 4.78. The number of nitrogens with one attached hydrogen (secondary N) is 1. The van der Waals surface area contributed by atoms with E-state index in [1.807, 2.05) is 0 Å². The summed E-state index contributed by atoms with van der Waals surface area (Å²) in [5, 5.41) is 3.49. The summed E-state index contributed by atoms with van der Waals surface area (Å²) < 4.78 is 2.49. The van der Waals surface area contributed by atoms with Crippen molar-refractivity contribution in [3.8, 4) is 0 Å². The van der Waals surface area contributed by atoms with Crippen LogP contribution in [0, 0.1) is 0 Å². The van der Waals surface area contributed by atoms with Crippen LogP contribution >= 0.6 is 0 Å². The number of aromatic nitrogens is 2. The Morgan fingerprint density at radius 3 is 3.06 bits per heavy atom. The summed E-state index contributed by atoms with van der Waals surface area (Å²) >= 11 is 0. The number of nitrogens with zero attached hydrogens (tertiary/aromatic N) is 2. The van der Waals surface area contributed by atoms with Crippen molar-refractivity contribution < 1.29 is 0 Å². The van der Waals surface area contributed by atoms with Crippen LogP contribution in [0.1, 0.15) is 38.1 Å². The number of hydrogen-bond acceptors (Lipinski definition) is 2. The van der Waals surface area contributed by atoms with Gasteiger partial charge in [-0.2, -0.15) is 0 Å². The average Bonchev–Trinajstić information content (AvgIpc) is 2.59. The Morgan fingerprint density at radius 2 is 2.17 bits per heavy atom. The van der Waals surface area contributed by atoms with E-state index in [2.05, 4.69) is 41.1 Å². The Labute approximate surface area is 108 Å². The minimum absolute atomic E-state index is 0.613. The molecule has 1 aliphatic rings. The van der Waals surface area contributed by atoms with Crippen LogP contribution in [0.25, 0.3) is 11.0 Å². The molecular weight excluding hydrogens is 222 g/mol. The van der Waals surface area contributed by atoms with Gasteiger partial charge in [-0.1, -0.05) is 19.1 Å². The molecule has 1 unspecified atom stereocenters. The maximum absolute atomic E-state index is 4.78.